The molecular weight excluding hydrogens is 419 g/mol. The van der Waals surface area contributed by atoms with E-state index >= 15 is 0 Å². The van der Waals surface area contributed by atoms with Gasteiger partial charge in [0.05, 0.1) is 12.9 Å². The quantitative estimate of drug-likeness (QED) is 0.266. The number of aromatic nitrogens is 2. The number of hydrogen-bond acceptors (Lipinski definition) is 3. The van der Waals surface area contributed by atoms with E-state index in [4.69, 9.17) is 44.3 Å². The highest BCUT2D eigenvalue weighted by molar-refractivity contribution is 6.30. The van der Waals surface area contributed by atoms with Crippen molar-refractivity contribution in [3.8, 4) is 5.75 Å². The third kappa shape index (κ3) is 6.14. The Morgan fingerprint density at radius 2 is 1.54 bits per heavy atom. The highest BCUT2D eigenvalue weighted by atomic mass is 35.5. The molecule has 0 aliphatic heterocycles. The van der Waals surface area contributed by atoms with Crippen molar-refractivity contribution in [1.29, 1.82) is 0 Å². The zero-order valence-corrected chi connectivity index (χ0v) is 17.4. The summed E-state index contributed by atoms with van der Waals surface area (Å²) in [6, 6.07) is 14.9. The van der Waals surface area contributed by atoms with Gasteiger partial charge in [-0.1, -0.05) is 46.9 Å². The summed E-state index contributed by atoms with van der Waals surface area (Å²) < 4.78 is 13.7. The van der Waals surface area contributed by atoms with Gasteiger partial charge in [-0.25, -0.2) is 4.98 Å². The summed E-state index contributed by atoms with van der Waals surface area (Å²) in [5.41, 5.74) is 0.560. The molecule has 0 saturated carbocycles. The van der Waals surface area contributed by atoms with Crippen molar-refractivity contribution >= 4 is 34.8 Å². The largest absolute Gasteiger partial charge is 0.494 e. The van der Waals surface area contributed by atoms with E-state index in [1.54, 1.807) is 12.5 Å². The van der Waals surface area contributed by atoms with Crippen LogP contribution < -0.4 is 4.74 Å². The molecule has 0 amide bonds. The van der Waals surface area contributed by atoms with Crippen molar-refractivity contribution in [3.63, 3.8) is 0 Å². The molecule has 2 unspecified atom stereocenters. The average molecular weight is 440 g/mol. The molecule has 2 atom stereocenters. The fraction of sp³-hybridized carbons (Fsp3) is 0.286. The van der Waals surface area contributed by atoms with Gasteiger partial charge in [-0.15, -0.1) is 0 Å². The molecule has 4 nitrogen and oxygen atoms in total. The second-order valence-corrected chi connectivity index (χ2v) is 7.56. The van der Waals surface area contributed by atoms with E-state index in [0.29, 0.717) is 23.3 Å². The number of rotatable bonds is 10. The fourth-order valence-electron chi connectivity index (χ4n) is 2.69. The van der Waals surface area contributed by atoms with Gasteiger partial charge in [0.1, 0.15) is 17.4 Å². The Kier molecular flexibility index (Phi) is 8.04. The van der Waals surface area contributed by atoms with Crippen molar-refractivity contribution < 1.29 is 9.47 Å². The first-order valence-corrected chi connectivity index (χ1v) is 10.2. The Morgan fingerprint density at radius 1 is 0.893 bits per heavy atom. The number of hydrogen-bond donors (Lipinski definition) is 0. The first-order valence-electron chi connectivity index (χ1n) is 9.00. The normalized spacial score (nSPS) is 13.2. The molecule has 1 heterocycles. The molecule has 0 radical (unpaired) electrons. The summed E-state index contributed by atoms with van der Waals surface area (Å²) in [6.07, 6.45) is 6.61. The molecule has 0 N–H and O–H groups in total. The van der Waals surface area contributed by atoms with Crippen LogP contribution in [0.5, 0.6) is 5.75 Å². The first kappa shape index (κ1) is 21.0. The fourth-order valence-corrected chi connectivity index (χ4v) is 3.28. The zero-order valence-electron chi connectivity index (χ0n) is 15.2. The number of unbranched alkanes of at least 4 members (excludes halogenated alkanes) is 1. The maximum atomic E-state index is 6.65. The van der Waals surface area contributed by atoms with Gasteiger partial charge in [-0.05, 0) is 54.8 Å². The summed E-state index contributed by atoms with van der Waals surface area (Å²) in [5.74, 6) is 0.810. The van der Waals surface area contributed by atoms with Gasteiger partial charge in [-0.3, -0.25) is 0 Å². The molecule has 0 fully saturated rings. The predicted octanol–water partition coefficient (Wildman–Crippen LogP) is 6.54. The van der Waals surface area contributed by atoms with Crippen LogP contribution in [0.3, 0.4) is 0 Å². The summed E-state index contributed by atoms with van der Waals surface area (Å²) in [7, 11) is 0. The Morgan fingerprint density at radius 3 is 2.18 bits per heavy atom. The summed E-state index contributed by atoms with van der Waals surface area (Å²) >= 11 is 18.5. The van der Waals surface area contributed by atoms with Crippen LogP contribution >= 0.6 is 34.8 Å². The number of ether oxygens (including phenoxy) is 2. The summed E-state index contributed by atoms with van der Waals surface area (Å²) in [4.78, 5) is 4.07. The lowest BCUT2D eigenvalue weighted by molar-refractivity contribution is 0.0323. The lowest BCUT2D eigenvalue weighted by Gasteiger charge is -2.24. The molecule has 0 saturated heterocycles. The van der Waals surface area contributed by atoms with E-state index in [0.717, 1.165) is 24.2 Å². The van der Waals surface area contributed by atoms with Crippen LogP contribution in [0.25, 0.3) is 0 Å². The van der Waals surface area contributed by atoms with E-state index in [1.807, 2.05) is 59.3 Å². The molecule has 0 spiro atoms. The smallest absolute Gasteiger partial charge is 0.139 e. The molecule has 28 heavy (non-hydrogen) atoms. The lowest BCUT2D eigenvalue weighted by atomic mass is 10.1. The highest BCUT2D eigenvalue weighted by Gasteiger charge is 2.23. The Balaban J connectivity index is 1.50. The molecular formula is C21H21Cl3N2O2. The monoisotopic (exact) mass is 438 g/mol. The molecule has 2 aromatic carbocycles. The number of alkyl halides is 1. The van der Waals surface area contributed by atoms with E-state index in [1.165, 1.54) is 0 Å². The van der Waals surface area contributed by atoms with Crippen LogP contribution in [0.4, 0.5) is 0 Å². The van der Waals surface area contributed by atoms with Crippen LogP contribution in [0.15, 0.2) is 67.3 Å². The molecule has 3 aromatic rings. The maximum Gasteiger partial charge on any atom is 0.139 e. The van der Waals surface area contributed by atoms with Gasteiger partial charge in [0.15, 0.2) is 0 Å². The van der Waals surface area contributed by atoms with Crippen LogP contribution in [0.1, 0.15) is 30.0 Å². The number of benzene rings is 2. The van der Waals surface area contributed by atoms with Crippen molar-refractivity contribution in [2.75, 3.05) is 13.2 Å². The first-order chi connectivity index (χ1) is 13.6. The molecule has 1 aromatic heterocycles. The molecule has 0 bridgehead atoms. The van der Waals surface area contributed by atoms with E-state index in [2.05, 4.69) is 4.98 Å². The van der Waals surface area contributed by atoms with Gasteiger partial charge in [0, 0.05) is 29.0 Å². The Labute approximate surface area is 180 Å². The van der Waals surface area contributed by atoms with Gasteiger partial charge < -0.3 is 14.0 Å². The second kappa shape index (κ2) is 10.7. The average Bonchev–Trinajstić information content (AvgIpc) is 3.24. The van der Waals surface area contributed by atoms with Crippen molar-refractivity contribution in [2.24, 2.45) is 0 Å². The van der Waals surface area contributed by atoms with Crippen molar-refractivity contribution in [1.82, 2.24) is 9.55 Å². The summed E-state index contributed by atoms with van der Waals surface area (Å²) in [6.45, 7) is 1.18. The third-order valence-corrected chi connectivity index (χ3v) is 5.13. The predicted molar refractivity (Wildman–Crippen MR) is 113 cm³/mol. The summed E-state index contributed by atoms with van der Waals surface area (Å²) in [5, 5.41) is 1.37. The van der Waals surface area contributed by atoms with Gasteiger partial charge >= 0.3 is 0 Å². The standard InChI is InChI=1S/C21H21Cl3N2O2/c22-17-5-3-16(4-6-17)20(21(24)26-12-11-25-15-26)28-14-2-1-13-27-19-9-7-18(23)8-10-19/h3-12,15,20-21H,1-2,13-14H2. The minimum Gasteiger partial charge on any atom is -0.494 e. The van der Waals surface area contributed by atoms with Crippen LogP contribution in [0.2, 0.25) is 10.0 Å². The number of nitrogens with zero attached hydrogens (tertiary/aromatic N) is 2. The Hall–Kier alpha value is -1.72. The van der Waals surface area contributed by atoms with E-state index < -0.39 is 5.50 Å². The minimum absolute atomic E-state index is 0.315. The van der Waals surface area contributed by atoms with Gasteiger partial charge in [0.2, 0.25) is 0 Å². The van der Waals surface area contributed by atoms with Crippen LogP contribution in [-0.2, 0) is 4.74 Å². The van der Waals surface area contributed by atoms with E-state index in [9.17, 15) is 0 Å². The molecule has 7 heteroatoms. The minimum atomic E-state index is -0.408. The van der Waals surface area contributed by atoms with Crippen molar-refractivity contribution in [3.05, 3.63) is 82.9 Å². The molecule has 0 aliphatic rings. The molecule has 148 valence electrons. The Bertz CT molecular complexity index is 824. The van der Waals surface area contributed by atoms with Gasteiger partial charge in [0.25, 0.3) is 0 Å². The zero-order chi connectivity index (χ0) is 19.8. The van der Waals surface area contributed by atoms with Crippen LogP contribution in [0, 0.1) is 0 Å². The van der Waals surface area contributed by atoms with Gasteiger partial charge in [-0.2, -0.15) is 0 Å². The maximum absolute atomic E-state index is 6.65. The van der Waals surface area contributed by atoms with Crippen molar-refractivity contribution in [2.45, 2.75) is 24.4 Å². The SMILES string of the molecule is Clc1ccc(OCCCCOC(c2ccc(Cl)cc2)C(Cl)n2ccnc2)cc1. The number of halogens is 3. The molecule has 0 aliphatic carbocycles. The topological polar surface area (TPSA) is 36.3 Å². The second-order valence-electron chi connectivity index (χ2n) is 6.23. The third-order valence-electron chi connectivity index (χ3n) is 4.18. The van der Waals surface area contributed by atoms with Crippen LogP contribution in [-0.4, -0.2) is 22.8 Å². The van der Waals surface area contributed by atoms with E-state index in [-0.39, 0.29) is 6.10 Å². The highest BCUT2D eigenvalue weighted by Crippen LogP contribution is 2.34. The molecule has 3 rings (SSSR count). The number of imidazole rings is 1. The lowest BCUT2D eigenvalue weighted by Crippen LogP contribution is -2.16.